The molecule has 1 heterocycles. The lowest BCUT2D eigenvalue weighted by Crippen LogP contribution is -2.46. The van der Waals surface area contributed by atoms with E-state index in [0.717, 1.165) is 68.3 Å². The van der Waals surface area contributed by atoms with Crippen LogP contribution in [0.4, 0.5) is 16.2 Å². The topological polar surface area (TPSA) is 75.6 Å². The molecule has 1 amide bonds. The van der Waals surface area contributed by atoms with Crippen LogP contribution in [0.15, 0.2) is 41.4 Å². The van der Waals surface area contributed by atoms with Gasteiger partial charge in [0.1, 0.15) is 5.75 Å². The first-order chi connectivity index (χ1) is 17.4. The summed E-state index contributed by atoms with van der Waals surface area (Å²) in [5, 5.41) is 3.58. The number of aryl methyl sites for hydroxylation is 1. The van der Waals surface area contributed by atoms with E-state index in [1.54, 1.807) is 6.92 Å². The minimum absolute atomic E-state index is 0.201. The predicted octanol–water partition coefficient (Wildman–Crippen LogP) is 5.66. The van der Waals surface area contributed by atoms with Crippen LogP contribution in [0.5, 0.6) is 5.75 Å². The van der Waals surface area contributed by atoms with Crippen molar-refractivity contribution in [2.24, 2.45) is 4.99 Å². The van der Waals surface area contributed by atoms with Crippen LogP contribution in [0.2, 0.25) is 10.0 Å². The number of hydrogen-bond acceptors (Lipinski definition) is 7. The van der Waals surface area contributed by atoms with Crippen LogP contribution in [0.3, 0.4) is 0 Å². The van der Waals surface area contributed by atoms with E-state index in [1.807, 2.05) is 43.3 Å². The molecule has 10 heteroatoms. The lowest BCUT2D eigenvalue weighted by molar-refractivity contribution is 0.0532. The van der Waals surface area contributed by atoms with Crippen LogP contribution < -0.4 is 15.0 Å². The monoisotopic (exact) mass is 536 g/mol. The third kappa shape index (κ3) is 8.47. The number of hydrogen-bond donors (Lipinski definition) is 1. The summed E-state index contributed by atoms with van der Waals surface area (Å²) in [6, 6.07) is 11.6. The quantitative estimate of drug-likeness (QED) is 0.182. The third-order valence-electron chi connectivity index (χ3n) is 5.90. The third-order valence-corrected chi connectivity index (χ3v) is 6.71. The Labute approximate surface area is 223 Å². The van der Waals surface area contributed by atoms with Gasteiger partial charge in [-0.25, -0.2) is 9.79 Å². The van der Waals surface area contributed by atoms with Crippen LogP contribution in [0.25, 0.3) is 0 Å². The first-order valence-corrected chi connectivity index (χ1v) is 12.8. The summed E-state index contributed by atoms with van der Waals surface area (Å²) in [5.41, 5.74) is 2.76. The zero-order chi connectivity index (χ0) is 25.9. The molecule has 1 N–H and O–H groups in total. The van der Waals surface area contributed by atoms with Crippen molar-refractivity contribution in [1.82, 2.24) is 10.2 Å². The van der Waals surface area contributed by atoms with E-state index in [2.05, 4.69) is 20.1 Å². The number of nitrogens with one attached hydrogen (secondary N) is 1. The zero-order valence-corrected chi connectivity index (χ0v) is 22.6. The summed E-state index contributed by atoms with van der Waals surface area (Å²) < 4.78 is 16.1. The second kappa shape index (κ2) is 14.2. The Morgan fingerprint density at radius 1 is 1.08 bits per heavy atom. The molecule has 0 saturated carbocycles. The van der Waals surface area contributed by atoms with Crippen LogP contribution in [-0.4, -0.2) is 70.1 Å². The molecule has 0 aromatic heterocycles. The Bertz CT molecular complexity index is 1040. The summed E-state index contributed by atoms with van der Waals surface area (Å²) >= 11 is 12.5. The second-order valence-corrected chi connectivity index (χ2v) is 9.27. The summed E-state index contributed by atoms with van der Waals surface area (Å²) in [4.78, 5) is 20.3. The minimum Gasteiger partial charge on any atom is -0.494 e. The van der Waals surface area contributed by atoms with E-state index < -0.39 is 6.09 Å². The molecule has 0 atom stereocenters. The summed E-state index contributed by atoms with van der Waals surface area (Å²) in [5.74, 6) is 1.16. The number of carbonyl (C=O) groups is 1. The van der Waals surface area contributed by atoms with Crippen molar-refractivity contribution in [2.75, 3.05) is 58.1 Å². The standard InChI is InChI=1S/C26H34Cl2N4O4/c1-19-9-10-21(17-23(19)30-20(2)35-18-36-26(33)29-3)34-16-5-4-11-31-12-14-32(15-13-31)24-8-6-7-22(27)25(24)28/h6-10,17H,4-5,11-16,18H2,1-3H3,(H,29,33). The molecule has 1 fully saturated rings. The molecule has 0 unspecified atom stereocenters. The van der Waals surface area contributed by atoms with E-state index in [9.17, 15) is 4.79 Å². The molecule has 1 aliphatic heterocycles. The van der Waals surface area contributed by atoms with E-state index >= 15 is 0 Å². The fourth-order valence-corrected chi connectivity index (χ4v) is 4.23. The number of aliphatic imine (C=N–C) groups is 1. The van der Waals surface area contributed by atoms with E-state index in [4.69, 9.17) is 37.4 Å². The van der Waals surface area contributed by atoms with Gasteiger partial charge < -0.3 is 24.4 Å². The molecule has 0 bridgehead atoms. The molecule has 0 spiro atoms. The lowest BCUT2D eigenvalue weighted by atomic mass is 10.2. The summed E-state index contributed by atoms with van der Waals surface area (Å²) in [6.45, 7) is 9.03. The Balaban J connectivity index is 1.37. The average molecular weight is 537 g/mol. The molecule has 1 aliphatic rings. The Morgan fingerprint density at radius 2 is 1.86 bits per heavy atom. The van der Waals surface area contributed by atoms with Crippen LogP contribution in [0, 0.1) is 6.92 Å². The average Bonchev–Trinajstić information content (AvgIpc) is 2.87. The number of rotatable bonds is 10. The predicted molar refractivity (Wildman–Crippen MR) is 145 cm³/mol. The molecule has 0 radical (unpaired) electrons. The number of halogens is 2. The van der Waals surface area contributed by atoms with Crippen molar-refractivity contribution in [1.29, 1.82) is 0 Å². The maximum atomic E-state index is 11.1. The highest BCUT2D eigenvalue weighted by molar-refractivity contribution is 6.43. The van der Waals surface area contributed by atoms with Gasteiger partial charge in [0.15, 0.2) is 5.90 Å². The van der Waals surface area contributed by atoms with Crippen molar-refractivity contribution < 1.29 is 19.0 Å². The number of ether oxygens (including phenoxy) is 3. The highest BCUT2D eigenvalue weighted by Gasteiger charge is 2.19. The molecule has 2 aromatic rings. The van der Waals surface area contributed by atoms with Gasteiger partial charge in [0.05, 0.1) is 28.0 Å². The molecule has 196 valence electrons. The number of unbranched alkanes of at least 4 members (excludes halogenated alkanes) is 1. The van der Waals surface area contributed by atoms with E-state index in [0.29, 0.717) is 22.5 Å². The van der Waals surface area contributed by atoms with Crippen molar-refractivity contribution in [3.8, 4) is 5.75 Å². The summed E-state index contributed by atoms with van der Waals surface area (Å²) in [6.07, 6.45) is 1.47. The molecule has 1 saturated heterocycles. The maximum absolute atomic E-state index is 11.1. The fraction of sp³-hybridized carbons (Fsp3) is 0.462. The van der Waals surface area contributed by atoms with Gasteiger partial charge in [0.25, 0.3) is 0 Å². The van der Waals surface area contributed by atoms with Crippen LogP contribution >= 0.6 is 23.2 Å². The number of amides is 1. The highest BCUT2D eigenvalue weighted by Crippen LogP contribution is 2.33. The smallest absolute Gasteiger partial charge is 0.409 e. The van der Waals surface area contributed by atoms with Gasteiger partial charge in [-0.05, 0) is 50.1 Å². The molecule has 8 nitrogen and oxygen atoms in total. The molecular weight excluding hydrogens is 503 g/mol. The second-order valence-electron chi connectivity index (χ2n) is 8.48. The number of nitrogens with zero attached hydrogens (tertiary/aromatic N) is 3. The summed E-state index contributed by atoms with van der Waals surface area (Å²) in [7, 11) is 1.49. The minimum atomic E-state index is -0.556. The normalized spacial score (nSPS) is 14.5. The first-order valence-electron chi connectivity index (χ1n) is 12.0. The highest BCUT2D eigenvalue weighted by atomic mass is 35.5. The molecule has 36 heavy (non-hydrogen) atoms. The van der Waals surface area contributed by atoms with Gasteiger partial charge in [-0.3, -0.25) is 4.90 Å². The fourth-order valence-electron chi connectivity index (χ4n) is 3.82. The molecule has 0 aliphatic carbocycles. The van der Waals surface area contributed by atoms with Gasteiger partial charge in [0.2, 0.25) is 6.79 Å². The van der Waals surface area contributed by atoms with Gasteiger partial charge >= 0.3 is 6.09 Å². The van der Waals surface area contributed by atoms with Crippen LogP contribution in [-0.2, 0) is 9.47 Å². The van der Waals surface area contributed by atoms with Crippen LogP contribution in [0.1, 0.15) is 25.3 Å². The Kier molecular flexibility index (Phi) is 11.0. The lowest BCUT2D eigenvalue weighted by Gasteiger charge is -2.36. The Hall–Kier alpha value is -2.68. The number of anilines is 1. The van der Waals surface area contributed by atoms with Crippen molar-refractivity contribution >= 4 is 46.6 Å². The molecule has 3 rings (SSSR count). The van der Waals surface area contributed by atoms with E-state index in [1.165, 1.54) is 7.05 Å². The Morgan fingerprint density at radius 3 is 2.61 bits per heavy atom. The SMILES string of the molecule is CNC(=O)OCOC(C)=Nc1cc(OCCCCN2CCN(c3cccc(Cl)c3Cl)CC2)ccc1C. The number of carbonyl (C=O) groups excluding carboxylic acids is 1. The zero-order valence-electron chi connectivity index (χ0n) is 21.1. The number of benzene rings is 2. The number of piperazine rings is 1. The van der Waals surface area contributed by atoms with Crippen molar-refractivity contribution in [2.45, 2.75) is 26.7 Å². The number of alkyl carbamates (subject to hydrolysis) is 1. The first kappa shape index (κ1) is 27.9. The maximum Gasteiger partial charge on any atom is 0.409 e. The van der Waals surface area contributed by atoms with Gasteiger partial charge in [-0.2, -0.15) is 0 Å². The largest absolute Gasteiger partial charge is 0.494 e. The van der Waals surface area contributed by atoms with Gasteiger partial charge in [-0.1, -0.05) is 35.3 Å². The van der Waals surface area contributed by atoms with Gasteiger partial charge in [-0.15, -0.1) is 0 Å². The molecular formula is C26H34Cl2N4O4. The van der Waals surface area contributed by atoms with Gasteiger partial charge in [0, 0.05) is 46.2 Å². The van der Waals surface area contributed by atoms with Crippen molar-refractivity contribution in [3.63, 3.8) is 0 Å². The molecule has 2 aromatic carbocycles. The van der Waals surface area contributed by atoms with Crippen molar-refractivity contribution in [3.05, 3.63) is 52.0 Å². The van der Waals surface area contributed by atoms with E-state index in [-0.39, 0.29) is 6.79 Å².